The van der Waals surface area contributed by atoms with E-state index in [1.54, 1.807) is 24.3 Å². The Morgan fingerprint density at radius 1 is 1.22 bits per heavy atom. The summed E-state index contributed by atoms with van der Waals surface area (Å²) >= 11 is 0. The highest BCUT2D eigenvalue weighted by atomic mass is 16.6. The first-order valence-corrected chi connectivity index (χ1v) is 7.49. The van der Waals surface area contributed by atoms with Crippen molar-refractivity contribution in [3.05, 3.63) is 53.9 Å². The third-order valence-corrected chi connectivity index (χ3v) is 3.54. The number of carbonyl (C=O) groups excluding carboxylic acids is 1. The van der Waals surface area contributed by atoms with E-state index in [1.807, 2.05) is 30.3 Å². The van der Waals surface area contributed by atoms with E-state index in [-0.39, 0.29) is 6.03 Å². The SMILES string of the molecule is CN(Cc1ccc2c(c1)OCCO2)C(=O)NCc1cccnc1. The molecule has 0 fully saturated rings. The van der Waals surface area contributed by atoms with Gasteiger partial charge in [-0.05, 0) is 29.3 Å². The van der Waals surface area contributed by atoms with Crippen LogP contribution < -0.4 is 14.8 Å². The third kappa shape index (κ3) is 3.91. The van der Waals surface area contributed by atoms with Crippen molar-refractivity contribution in [3.8, 4) is 11.5 Å². The van der Waals surface area contributed by atoms with Crippen molar-refractivity contribution in [2.24, 2.45) is 0 Å². The van der Waals surface area contributed by atoms with Gasteiger partial charge in [0.05, 0.1) is 0 Å². The number of hydrogen-bond donors (Lipinski definition) is 1. The minimum atomic E-state index is -0.135. The lowest BCUT2D eigenvalue weighted by atomic mass is 10.2. The first-order chi connectivity index (χ1) is 11.2. The molecule has 1 aliphatic rings. The van der Waals surface area contributed by atoms with Crippen LogP contribution in [0.25, 0.3) is 0 Å². The molecule has 0 bridgehead atoms. The second-order valence-electron chi connectivity index (χ2n) is 5.35. The van der Waals surface area contributed by atoms with Crippen molar-refractivity contribution in [2.45, 2.75) is 13.1 Å². The quantitative estimate of drug-likeness (QED) is 0.940. The number of pyridine rings is 1. The van der Waals surface area contributed by atoms with Gasteiger partial charge in [-0.1, -0.05) is 12.1 Å². The van der Waals surface area contributed by atoms with E-state index >= 15 is 0 Å². The molecule has 0 radical (unpaired) electrons. The van der Waals surface area contributed by atoms with Crippen LogP contribution in [-0.2, 0) is 13.1 Å². The molecule has 1 N–H and O–H groups in total. The van der Waals surface area contributed by atoms with Crippen LogP contribution in [0.5, 0.6) is 11.5 Å². The Bertz CT molecular complexity index is 676. The van der Waals surface area contributed by atoms with E-state index in [4.69, 9.17) is 9.47 Å². The zero-order chi connectivity index (χ0) is 16.1. The molecule has 0 saturated carbocycles. The maximum absolute atomic E-state index is 12.1. The van der Waals surface area contributed by atoms with Crippen LogP contribution in [0.3, 0.4) is 0 Å². The van der Waals surface area contributed by atoms with Crippen molar-refractivity contribution in [1.29, 1.82) is 0 Å². The Kier molecular flexibility index (Phi) is 4.61. The first kappa shape index (κ1) is 15.1. The molecule has 6 nitrogen and oxygen atoms in total. The van der Waals surface area contributed by atoms with Crippen molar-refractivity contribution >= 4 is 6.03 Å². The minimum absolute atomic E-state index is 0.135. The van der Waals surface area contributed by atoms with Gasteiger partial charge in [-0.2, -0.15) is 0 Å². The van der Waals surface area contributed by atoms with Gasteiger partial charge < -0.3 is 19.7 Å². The van der Waals surface area contributed by atoms with E-state index in [0.29, 0.717) is 26.3 Å². The fraction of sp³-hybridized carbons (Fsp3) is 0.294. The number of carbonyl (C=O) groups is 1. The number of benzene rings is 1. The fourth-order valence-electron chi connectivity index (χ4n) is 2.35. The van der Waals surface area contributed by atoms with Crippen molar-refractivity contribution < 1.29 is 14.3 Å². The lowest BCUT2D eigenvalue weighted by molar-refractivity contribution is 0.171. The summed E-state index contributed by atoms with van der Waals surface area (Å²) in [6.45, 7) is 2.08. The van der Waals surface area contributed by atoms with Crippen LogP contribution in [0.4, 0.5) is 4.79 Å². The highest BCUT2D eigenvalue weighted by Crippen LogP contribution is 2.30. The second-order valence-corrected chi connectivity index (χ2v) is 5.35. The van der Waals surface area contributed by atoms with Crippen LogP contribution in [0, 0.1) is 0 Å². The number of fused-ring (bicyclic) bond motifs is 1. The fourth-order valence-corrected chi connectivity index (χ4v) is 2.35. The summed E-state index contributed by atoms with van der Waals surface area (Å²) in [7, 11) is 1.76. The second kappa shape index (κ2) is 7.00. The topological polar surface area (TPSA) is 63.7 Å². The Morgan fingerprint density at radius 2 is 2.04 bits per heavy atom. The molecular formula is C17H19N3O3. The molecule has 0 unspecified atom stereocenters. The van der Waals surface area contributed by atoms with Gasteiger partial charge in [0.2, 0.25) is 0 Å². The Morgan fingerprint density at radius 3 is 2.83 bits per heavy atom. The summed E-state index contributed by atoms with van der Waals surface area (Å²) < 4.78 is 11.1. The first-order valence-electron chi connectivity index (χ1n) is 7.49. The molecule has 0 saturated heterocycles. The van der Waals surface area contributed by atoms with Gasteiger partial charge in [0, 0.05) is 32.5 Å². The van der Waals surface area contributed by atoms with Crippen LogP contribution >= 0.6 is 0 Å². The molecule has 2 aromatic rings. The van der Waals surface area contributed by atoms with Gasteiger partial charge in [0.1, 0.15) is 13.2 Å². The van der Waals surface area contributed by atoms with E-state index in [9.17, 15) is 4.79 Å². The number of amides is 2. The minimum Gasteiger partial charge on any atom is -0.486 e. The van der Waals surface area contributed by atoms with Crippen LogP contribution in [0.2, 0.25) is 0 Å². The Balaban J connectivity index is 1.55. The van der Waals surface area contributed by atoms with Crippen molar-refractivity contribution in [1.82, 2.24) is 15.2 Å². The normalized spacial score (nSPS) is 12.6. The van der Waals surface area contributed by atoms with Gasteiger partial charge in [0.25, 0.3) is 0 Å². The molecule has 0 atom stereocenters. The van der Waals surface area contributed by atoms with Gasteiger partial charge in [-0.3, -0.25) is 4.98 Å². The summed E-state index contributed by atoms with van der Waals surface area (Å²) in [5.74, 6) is 1.49. The highest BCUT2D eigenvalue weighted by Gasteiger charge is 2.14. The van der Waals surface area contributed by atoms with E-state index in [1.165, 1.54) is 0 Å². The van der Waals surface area contributed by atoms with Gasteiger partial charge in [0.15, 0.2) is 11.5 Å². The molecule has 6 heteroatoms. The zero-order valence-corrected chi connectivity index (χ0v) is 13.0. The number of nitrogens with zero attached hydrogens (tertiary/aromatic N) is 2. The molecular weight excluding hydrogens is 294 g/mol. The molecule has 2 heterocycles. The molecule has 0 spiro atoms. The number of nitrogens with one attached hydrogen (secondary N) is 1. The highest BCUT2D eigenvalue weighted by molar-refractivity contribution is 5.73. The standard InChI is InChI=1S/C17H19N3O3/c1-20(17(21)19-11-14-3-2-6-18-10-14)12-13-4-5-15-16(9-13)23-8-7-22-15/h2-6,9-10H,7-8,11-12H2,1H3,(H,19,21). The lowest BCUT2D eigenvalue weighted by Crippen LogP contribution is -2.36. The average molecular weight is 313 g/mol. The average Bonchev–Trinajstić information content (AvgIpc) is 2.60. The molecule has 1 aliphatic heterocycles. The largest absolute Gasteiger partial charge is 0.486 e. The number of aromatic nitrogens is 1. The number of urea groups is 1. The monoisotopic (exact) mass is 313 g/mol. The summed E-state index contributed by atoms with van der Waals surface area (Å²) in [4.78, 5) is 17.8. The predicted molar refractivity (Wildman–Crippen MR) is 85.4 cm³/mol. The summed E-state index contributed by atoms with van der Waals surface area (Å²) in [6.07, 6.45) is 3.44. The van der Waals surface area contributed by atoms with E-state index in [2.05, 4.69) is 10.3 Å². The summed E-state index contributed by atoms with van der Waals surface area (Å²) in [5.41, 5.74) is 1.96. The van der Waals surface area contributed by atoms with Gasteiger partial charge in [-0.25, -0.2) is 4.79 Å². The van der Waals surface area contributed by atoms with Crippen LogP contribution in [-0.4, -0.2) is 36.2 Å². The summed E-state index contributed by atoms with van der Waals surface area (Å²) in [6, 6.07) is 9.38. The smallest absolute Gasteiger partial charge is 0.317 e. The van der Waals surface area contributed by atoms with Crippen molar-refractivity contribution in [2.75, 3.05) is 20.3 Å². The Hall–Kier alpha value is -2.76. The Labute approximate surface area is 135 Å². The third-order valence-electron chi connectivity index (χ3n) is 3.54. The van der Waals surface area contributed by atoms with Crippen molar-refractivity contribution in [3.63, 3.8) is 0 Å². The summed E-state index contributed by atoms with van der Waals surface area (Å²) in [5, 5.41) is 2.87. The molecule has 1 aromatic heterocycles. The molecule has 120 valence electrons. The zero-order valence-electron chi connectivity index (χ0n) is 13.0. The maximum atomic E-state index is 12.1. The van der Waals surface area contributed by atoms with Gasteiger partial charge in [-0.15, -0.1) is 0 Å². The van der Waals surface area contributed by atoms with Crippen LogP contribution in [0.15, 0.2) is 42.7 Å². The van der Waals surface area contributed by atoms with E-state index < -0.39 is 0 Å². The molecule has 1 aromatic carbocycles. The number of hydrogen-bond acceptors (Lipinski definition) is 4. The predicted octanol–water partition coefficient (Wildman–Crippen LogP) is 2.19. The molecule has 2 amide bonds. The maximum Gasteiger partial charge on any atom is 0.317 e. The lowest BCUT2D eigenvalue weighted by Gasteiger charge is -2.21. The van der Waals surface area contributed by atoms with Crippen LogP contribution in [0.1, 0.15) is 11.1 Å². The van der Waals surface area contributed by atoms with E-state index in [0.717, 1.165) is 22.6 Å². The molecule has 3 rings (SSSR count). The molecule has 0 aliphatic carbocycles. The number of ether oxygens (including phenoxy) is 2. The van der Waals surface area contributed by atoms with Gasteiger partial charge >= 0.3 is 6.03 Å². The number of rotatable bonds is 4. The molecule has 23 heavy (non-hydrogen) atoms.